The van der Waals surface area contributed by atoms with Crippen molar-refractivity contribution in [2.24, 2.45) is 7.05 Å². The van der Waals surface area contributed by atoms with Gasteiger partial charge in [0.1, 0.15) is 41.5 Å². The minimum absolute atomic E-state index is 0.108. The summed E-state index contributed by atoms with van der Waals surface area (Å²) in [5.41, 5.74) is 15.5. The Morgan fingerprint density at radius 2 is 0.907 bits per heavy atom. The minimum Gasteiger partial charge on any atom is -0.744 e. The van der Waals surface area contributed by atoms with E-state index in [1.54, 1.807) is 70.5 Å². The summed E-state index contributed by atoms with van der Waals surface area (Å²) in [4.78, 5) is 76.4. The molecule has 0 unspecified atom stereocenters. The van der Waals surface area contributed by atoms with Crippen molar-refractivity contribution in [2.75, 3.05) is 36.4 Å². The number of pyridine rings is 4. The van der Waals surface area contributed by atoms with Crippen LogP contribution in [0, 0.1) is 20.8 Å². The van der Waals surface area contributed by atoms with E-state index < -0.39 is 39.8 Å². The SMILES string of the molecule is CN1C(=Cc2cc[n+](CCCCCC(=O)ON3C(=O)CCC3=O)c3ccccc23)Sc2ccccc21.CN1C(=Cc2cc[n+](CCCCCC(=O)[O-])c3ccccc23)Sc2ccccc21.CSc1nc2ccccc2s1.CSc1sc2ccccc2[n+]1C.Cc1cc[n+](CCCCCC(=O)[O-])c2ccccc12.Cc1ccc(S(=O)(=O)[O-])cc1.Cc1ccnc2ccccc12. The lowest BCUT2D eigenvalue weighted by Gasteiger charge is -2.13. The van der Waals surface area contributed by atoms with Crippen LogP contribution in [0.4, 0.5) is 11.4 Å². The number of hydrogen-bond acceptors (Lipinski definition) is 21. The number of thiazole rings is 2. The third-order valence-corrected chi connectivity index (χ3v) is 29.3. The van der Waals surface area contributed by atoms with Crippen molar-refractivity contribution >= 4 is 197 Å². The summed E-state index contributed by atoms with van der Waals surface area (Å²) in [7, 11) is 2.06. The van der Waals surface area contributed by atoms with Crippen LogP contribution in [0.5, 0.6) is 0 Å². The molecule has 15 aromatic rings. The lowest BCUT2D eigenvalue weighted by Crippen LogP contribution is -2.34. The van der Waals surface area contributed by atoms with E-state index >= 15 is 0 Å². The van der Waals surface area contributed by atoms with Crippen molar-refractivity contribution < 1.29 is 70.3 Å². The smallest absolute Gasteiger partial charge is 0.333 e. The molecule has 0 aliphatic carbocycles. The van der Waals surface area contributed by atoms with Gasteiger partial charge in [0.05, 0.1) is 52.8 Å². The second-order valence-corrected chi connectivity index (χ2v) is 38.5. The first kappa shape index (κ1) is 96.4. The maximum absolute atomic E-state index is 12.0. The first-order chi connectivity index (χ1) is 62.4. The van der Waals surface area contributed by atoms with Gasteiger partial charge in [0, 0.05) is 134 Å². The fraction of sp³-hybridized carbons (Fsp3) is 0.245. The normalized spacial score (nSPS) is 13.2. The number of aromatic nitrogens is 6. The number of para-hydroxylation sites is 8. The average Bonchev–Trinajstić information content (AvgIpc) is 1.72. The molecule has 20 nitrogen and oxygen atoms in total. The van der Waals surface area contributed by atoms with E-state index in [1.807, 2.05) is 73.0 Å². The van der Waals surface area contributed by atoms with Crippen LogP contribution in [0.2, 0.25) is 0 Å². The number of nitrogens with zero attached hydrogens (tertiary/aromatic N) is 9. The second-order valence-electron chi connectivity index (χ2n) is 30.8. The van der Waals surface area contributed by atoms with Gasteiger partial charge in [-0.15, -0.1) is 16.4 Å². The molecular weight excluding hydrogens is 1750 g/mol. The number of carbonyl (C=O) groups excluding carboxylic acids is 5. The summed E-state index contributed by atoms with van der Waals surface area (Å²) in [6.45, 7) is 8.67. The predicted molar refractivity (Wildman–Crippen MR) is 519 cm³/mol. The Bertz CT molecular complexity index is 6590. The van der Waals surface area contributed by atoms with Crippen LogP contribution in [-0.4, -0.2) is 84.3 Å². The summed E-state index contributed by atoms with van der Waals surface area (Å²) in [5.74, 6) is -3.34. The number of fused-ring (bicyclic) bond motifs is 8. The van der Waals surface area contributed by atoms with Gasteiger partial charge in [-0.05, 0) is 216 Å². The Morgan fingerprint density at radius 3 is 1.39 bits per heavy atom. The molecule has 0 bridgehead atoms. The van der Waals surface area contributed by atoms with Crippen LogP contribution in [-0.2, 0) is 65.6 Å². The molecule has 18 rings (SSSR count). The number of anilines is 2. The number of carboxylic acids is 2. The fourth-order valence-electron chi connectivity index (χ4n) is 14.8. The molecule has 664 valence electrons. The van der Waals surface area contributed by atoms with Crippen LogP contribution >= 0.6 is 69.7 Å². The monoisotopic (exact) mass is 1850 g/mol. The number of unbranched alkanes of at least 4 members (excludes halogenated alkanes) is 6. The zero-order valence-corrected chi connectivity index (χ0v) is 79.2. The first-order valence-corrected chi connectivity index (χ1v) is 49.8. The fourth-order valence-corrected chi connectivity index (χ4v) is 20.8. The third kappa shape index (κ3) is 26.8. The number of hydrogen-bond donors (Lipinski definition) is 0. The van der Waals surface area contributed by atoms with E-state index in [1.165, 1.54) is 123 Å². The minimum atomic E-state index is -4.27. The number of thioether (sulfide) groups is 4. The molecule has 6 aromatic heterocycles. The molecule has 0 N–H and O–H groups in total. The van der Waals surface area contributed by atoms with Crippen molar-refractivity contribution in [3.05, 3.63) is 305 Å². The summed E-state index contributed by atoms with van der Waals surface area (Å²) >= 11 is 10.7. The molecule has 0 spiro atoms. The van der Waals surface area contributed by atoms with Gasteiger partial charge < -0.3 is 39.0 Å². The van der Waals surface area contributed by atoms with Gasteiger partial charge in [0.15, 0.2) is 22.9 Å². The summed E-state index contributed by atoms with van der Waals surface area (Å²) < 4.78 is 45.3. The van der Waals surface area contributed by atoms with E-state index in [0.29, 0.717) is 24.3 Å². The van der Waals surface area contributed by atoms with E-state index in [-0.39, 0.29) is 37.0 Å². The number of amides is 2. The number of rotatable bonds is 24. The quantitative estimate of drug-likeness (QED) is 0.0179. The maximum Gasteiger partial charge on any atom is 0.333 e. The highest BCUT2D eigenvalue weighted by molar-refractivity contribution is 8.04. The highest BCUT2D eigenvalue weighted by Gasteiger charge is 2.33. The number of aliphatic carboxylic acids is 2. The molecule has 1 fully saturated rings. The molecule has 2 amide bonds. The van der Waals surface area contributed by atoms with Crippen LogP contribution < -0.4 is 38.3 Å². The summed E-state index contributed by atoms with van der Waals surface area (Å²) in [6.07, 6.45) is 25.1. The molecule has 27 heteroatoms. The van der Waals surface area contributed by atoms with Gasteiger partial charge in [-0.25, -0.2) is 18.2 Å². The van der Waals surface area contributed by atoms with Gasteiger partial charge in [-0.3, -0.25) is 14.6 Å². The van der Waals surface area contributed by atoms with Crippen LogP contribution in [0.3, 0.4) is 0 Å². The Morgan fingerprint density at radius 1 is 0.473 bits per heavy atom. The molecule has 1 saturated heterocycles. The number of benzene rings is 9. The molecule has 9 aromatic carbocycles. The molecular formula is C102H104N9O11S7+. The van der Waals surface area contributed by atoms with Gasteiger partial charge in [-0.2, -0.15) is 18.3 Å². The number of aryl methyl sites for hydroxylation is 7. The number of hydroxylamine groups is 2. The van der Waals surface area contributed by atoms with Crippen molar-refractivity contribution in [1.29, 1.82) is 0 Å². The van der Waals surface area contributed by atoms with E-state index in [2.05, 4.69) is 286 Å². The molecule has 9 heterocycles. The van der Waals surface area contributed by atoms with Crippen LogP contribution in [0.15, 0.2) is 301 Å². The molecule has 129 heavy (non-hydrogen) atoms. The van der Waals surface area contributed by atoms with E-state index in [4.69, 9.17) is 4.84 Å². The standard InChI is InChI=1S/C28H28N3O4S.C24H24N2O2S.C16H19NO2.C10H9N.C9H10NS2.C8H7NS2.C7H8O3S/c1-29-23-11-6-7-12-24(23)36-27(29)19-20-16-18-30(22-10-5-4-9-21(20)22)17-8-2-3-13-28(34)35-31-25(32)14-15-26(31)33;1-25-21-11-6-7-12-22(21)29-23(25)17-18-14-16-26(15-8-2-3-13-24(27)28)20-10-5-4-9-19(18)20;1-13-10-12-17(11-6-2-3-9-16(18)19)15-8-5-4-7-14(13)15;1-8-6-7-11-10-5-3-2-4-9(8)10;1-10-7-5-3-4-6-8(7)12-9(10)11-2;1-10-8-9-6-4-2-3-5-7(6)11-8;1-6-2-4-7(5-3-6)11(8,9)10/h4-7,9-12,16,18-19H,2-3,8,13-15,17H2,1H3;4-7,9-12,14,16-17H,2-3,8,13,15H2,1H3;4-5,7-8,10,12H,2-3,6,9,11H2,1H3;2-7H,1H3;3-6H,1-2H3;2-5H,1H3;2-5H,1H3,(H,8,9,10)/q+1;;;;+1;;/p-1. The number of imide groups is 1. The van der Waals surface area contributed by atoms with Crippen molar-refractivity contribution in [3.63, 3.8) is 0 Å². The predicted octanol–water partition coefficient (Wildman–Crippen LogP) is 19.5. The van der Waals surface area contributed by atoms with Crippen molar-refractivity contribution in [1.82, 2.24) is 15.0 Å². The van der Waals surface area contributed by atoms with Gasteiger partial charge in [0.2, 0.25) is 22.1 Å². The number of carbonyl (C=O) groups is 5. The van der Waals surface area contributed by atoms with Crippen LogP contribution in [0.1, 0.15) is 118 Å². The molecule has 3 aliphatic heterocycles. The molecule has 0 atom stereocenters. The summed E-state index contributed by atoms with van der Waals surface area (Å²) in [6, 6.07) is 81.3. The molecule has 0 saturated carbocycles. The molecule has 3 aliphatic rings. The van der Waals surface area contributed by atoms with Crippen LogP contribution in [0.25, 0.3) is 76.2 Å². The first-order valence-electron chi connectivity index (χ1n) is 42.7. The third-order valence-electron chi connectivity index (χ3n) is 21.7. The average molecular weight is 1860 g/mol. The van der Waals surface area contributed by atoms with Gasteiger partial charge >= 0.3 is 5.97 Å². The maximum atomic E-state index is 12.0. The highest BCUT2D eigenvalue weighted by atomic mass is 32.2. The summed E-state index contributed by atoms with van der Waals surface area (Å²) in [5, 5.41) is 28.9. The van der Waals surface area contributed by atoms with Crippen molar-refractivity contribution in [3.8, 4) is 0 Å². The Balaban J connectivity index is 0.000000144. The highest BCUT2D eigenvalue weighted by Crippen LogP contribution is 2.47. The van der Waals surface area contributed by atoms with E-state index in [9.17, 15) is 47.2 Å². The largest absolute Gasteiger partial charge is 0.744 e. The lowest BCUT2D eigenvalue weighted by molar-refractivity contribution is -0.676. The second kappa shape index (κ2) is 47.6. The zero-order valence-electron chi connectivity index (χ0n) is 73.5. The van der Waals surface area contributed by atoms with Gasteiger partial charge in [-0.1, -0.05) is 167 Å². The van der Waals surface area contributed by atoms with Gasteiger partial charge in [0.25, 0.3) is 16.2 Å². The number of carboxylic acid groups (broad SMARTS) is 2. The lowest BCUT2D eigenvalue weighted by atomic mass is 10.1. The Labute approximate surface area is 778 Å². The zero-order chi connectivity index (χ0) is 91.4. The Hall–Kier alpha value is -11.7. The molecule has 0 radical (unpaired) electrons. The van der Waals surface area contributed by atoms with E-state index in [0.717, 1.165) is 79.1 Å². The van der Waals surface area contributed by atoms with Crippen molar-refractivity contribution in [2.45, 2.75) is 154 Å². The Kier molecular flexibility index (Phi) is 35.6. The topological polar surface area (TPSA) is 249 Å².